The third kappa shape index (κ3) is 3.71. The van der Waals surface area contributed by atoms with Gasteiger partial charge in [-0.3, -0.25) is 0 Å². The molecule has 0 bridgehead atoms. The van der Waals surface area contributed by atoms with E-state index in [9.17, 15) is 4.79 Å². The molecule has 0 fully saturated rings. The molecule has 0 aliphatic carbocycles. The van der Waals surface area contributed by atoms with E-state index in [0.717, 1.165) is 23.2 Å². The lowest BCUT2D eigenvalue weighted by atomic mass is 10.1. The molecule has 0 radical (unpaired) electrons. The standard InChI is InChI=1S/C15H14Cl2N2O/c16-13-4-1-5-14(17)12(13)6-9-19-15-11(7-10-20)3-2-8-18-15/h1-5,8,10H,6-7,9H2,(H,18,19). The maximum atomic E-state index is 10.6. The molecule has 0 spiro atoms. The topological polar surface area (TPSA) is 42.0 Å². The third-order valence-corrected chi connectivity index (χ3v) is 3.63. The van der Waals surface area contributed by atoms with Crippen LogP contribution in [0.5, 0.6) is 0 Å². The van der Waals surface area contributed by atoms with Crippen LogP contribution in [0.3, 0.4) is 0 Å². The lowest BCUT2D eigenvalue weighted by Gasteiger charge is -2.10. The Morgan fingerprint density at radius 2 is 1.90 bits per heavy atom. The Kier molecular flexibility index (Phi) is 5.39. The summed E-state index contributed by atoms with van der Waals surface area (Å²) in [6.07, 6.45) is 3.60. The molecule has 2 rings (SSSR count). The number of nitrogens with one attached hydrogen (secondary N) is 1. The van der Waals surface area contributed by atoms with Crippen LogP contribution in [0.15, 0.2) is 36.5 Å². The summed E-state index contributed by atoms with van der Waals surface area (Å²) in [6, 6.07) is 9.16. The number of hydrogen-bond donors (Lipinski definition) is 1. The number of aromatic nitrogens is 1. The van der Waals surface area contributed by atoms with Gasteiger partial charge in [-0.25, -0.2) is 4.98 Å². The van der Waals surface area contributed by atoms with Gasteiger partial charge in [0, 0.05) is 34.8 Å². The van der Waals surface area contributed by atoms with Crippen molar-refractivity contribution in [2.75, 3.05) is 11.9 Å². The lowest BCUT2D eigenvalue weighted by molar-refractivity contribution is -0.107. The summed E-state index contributed by atoms with van der Waals surface area (Å²) in [7, 11) is 0. The van der Waals surface area contributed by atoms with Gasteiger partial charge in [0.2, 0.25) is 0 Å². The average Bonchev–Trinajstić information content (AvgIpc) is 2.44. The first-order chi connectivity index (χ1) is 9.72. The van der Waals surface area contributed by atoms with Crippen molar-refractivity contribution >= 4 is 35.3 Å². The zero-order valence-corrected chi connectivity index (χ0v) is 12.3. The second-order valence-corrected chi connectivity index (χ2v) is 5.07. The maximum absolute atomic E-state index is 10.6. The number of hydrogen-bond acceptors (Lipinski definition) is 3. The number of aldehydes is 1. The van der Waals surface area contributed by atoms with E-state index < -0.39 is 0 Å². The average molecular weight is 309 g/mol. The highest BCUT2D eigenvalue weighted by molar-refractivity contribution is 6.35. The molecule has 1 aromatic carbocycles. The fourth-order valence-corrected chi connectivity index (χ4v) is 2.52. The molecule has 0 unspecified atom stereocenters. The van der Waals surface area contributed by atoms with Gasteiger partial charge in [-0.05, 0) is 30.2 Å². The van der Waals surface area contributed by atoms with E-state index in [-0.39, 0.29) is 0 Å². The van der Waals surface area contributed by atoms with Crippen LogP contribution in [0.4, 0.5) is 5.82 Å². The quantitative estimate of drug-likeness (QED) is 0.826. The van der Waals surface area contributed by atoms with Gasteiger partial charge in [0.15, 0.2) is 0 Å². The summed E-state index contributed by atoms with van der Waals surface area (Å²) in [5.41, 5.74) is 1.80. The van der Waals surface area contributed by atoms with E-state index in [0.29, 0.717) is 29.4 Å². The Morgan fingerprint density at radius 3 is 2.60 bits per heavy atom. The maximum Gasteiger partial charge on any atom is 0.129 e. The monoisotopic (exact) mass is 308 g/mol. The van der Waals surface area contributed by atoms with Crippen molar-refractivity contribution in [1.82, 2.24) is 4.98 Å². The van der Waals surface area contributed by atoms with Crippen molar-refractivity contribution in [3.63, 3.8) is 0 Å². The number of anilines is 1. The van der Waals surface area contributed by atoms with Gasteiger partial charge in [0.1, 0.15) is 12.1 Å². The van der Waals surface area contributed by atoms with Crippen molar-refractivity contribution in [2.24, 2.45) is 0 Å². The molecule has 0 saturated heterocycles. The van der Waals surface area contributed by atoms with Crippen LogP contribution in [-0.4, -0.2) is 17.8 Å². The molecule has 5 heteroatoms. The van der Waals surface area contributed by atoms with Crippen LogP contribution in [0.1, 0.15) is 11.1 Å². The summed E-state index contributed by atoms with van der Waals surface area (Å²) < 4.78 is 0. The molecule has 0 aliphatic rings. The molecule has 0 atom stereocenters. The van der Waals surface area contributed by atoms with E-state index in [4.69, 9.17) is 23.2 Å². The van der Waals surface area contributed by atoms with Gasteiger partial charge in [-0.1, -0.05) is 35.3 Å². The van der Waals surface area contributed by atoms with Crippen molar-refractivity contribution in [1.29, 1.82) is 0 Å². The minimum atomic E-state index is 0.350. The Morgan fingerprint density at radius 1 is 1.15 bits per heavy atom. The molecule has 1 heterocycles. The number of carbonyl (C=O) groups is 1. The predicted molar refractivity (Wildman–Crippen MR) is 82.7 cm³/mol. The summed E-state index contributed by atoms with van der Waals surface area (Å²) >= 11 is 12.2. The Hall–Kier alpha value is -1.58. The zero-order valence-electron chi connectivity index (χ0n) is 10.8. The van der Waals surface area contributed by atoms with Crippen LogP contribution in [-0.2, 0) is 17.6 Å². The fraction of sp³-hybridized carbons (Fsp3) is 0.200. The molecule has 20 heavy (non-hydrogen) atoms. The summed E-state index contributed by atoms with van der Waals surface area (Å²) in [6.45, 7) is 0.645. The van der Waals surface area contributed by atoms with Crippen LogP contribution in [0.25, 0.3) is 0 Å². The van der Waals surface area contributed by atoms with Gasteiger partial charge in [0.05, 0.1) is 0 Å². The Balaban J connectivity index is 2.01. The van der Waals surface area contributed by atoms with Crippen LogP contribution in [0.2, 0.25) is 10.0 Å². The normalized spacial score (nSPS) is 10.3. The smallest absolute Gasteiger partial charge is 0.129 e. The molecule has 2 aromatic rings. The first-order valence-corrected chi connectivity index (χ1v) is 7.02. The van der Waals surface area contributed by atoms with E-state index in [1.807, 2.05) is 30.3 Å². The minimum absolute atomic E-state index is 0.350. The van der Waals surface area contributed by atoms with E-state index in [2.05, 4.69) is 10.3 Å². The number of nitrogens with zero attached hydrogens (tertiary/aromatic N) is 1. The number of carbonyl (C=O) groups excluding carboxylic acids is 1. The largest absolute Gasteiger partial charge is 0.370 e. The van der Waals surface area contributed by atoms with E-state index in [1.165, 1.54) is 0 Å². The Labute approximate surface area is 127 Å². The predicted octanol–water partition coefficient (Wildman–Crippen LogP) is 3.78. The number of pyridine rings is 1. The molecular weight excluding hydrogens is 295 g/mol. The summed E-state index contributed by atoms with van der Waals surface area (Å²) in [5.74, 6) is 0.725. The zero-order chi connectivity index (χ0) is 14.4. The van der Waals surface area contributed by atoms with Gasteiger partial charge >= 0.3 is 0 Å². The van der Waals surface area contributed by atoms with Gasteiger partial charge in [-0.15, -0.1) is 0 Å². The highest BCUT2D eigenvalue weighted by atomic mass is 35.5. The molecule has 3 nitrogen and oxygen atoms in total. The molecule has 1 N–H and O–H groups in total. The fourth-order valence-electron chi connectivity index (χ4n) is 1.93. The SMILES string of the molecule is O=CCc1cccnc1NCCc1c(Cl)cccc1Cl. The van der Waals surface area contributed by atoms with Crippen molar-refractivity contribution in [3.05, 3.63) is 57.7 Å². The minimum Gasteiger partial charge on any atom is -0.370 e. The molecule has 0 amide bonds. The van der Waals surface area contributed by atoms with Crippen LogP contribution >= 0.6 is 23.2 Å². The van der Waals surface area contributed by atoms with Crippen LogP contribution in [0, 0.1) is 0 Å². The van der Waals surface area contributed by atoms with Crippen molar-refractivity contribution < 1.29 is 4.79 Å². The Bertz CT molecular complexity index is 582. The van der Waals surface area contributed by atoms with Crippen molar-refractivity contribution in [2.45, 2.75) is 12.8 Å². The second-order valence-electron chi connectivity index (χ2n) is 4.26. The van der Waals surface area contributed by atoms with Gasteiger partial charge in [0.25, 0.3) is 0 Å². The highest BCUT2D eigenvalue weighted by Crippen LogP contribution is 2.24. The van der Waals surface area contributed by atoms with Gasteiger partial charge < -0.3 is 10.1 Å². The van der Waals surface area contributed by atoms with Crippen molar-refractivity contribution in [3.8, 4) is 0 Å². The first kappa shape index (κ1) is 14.8. The number of benzene rings is 1. The van der Waals surface area contributed by atoms with Gasteiger partial charge in [-0.2, -0.15) is 0 Å². The number of rotatable bonds is 6. The second kappa shape index (κ2) is 7.27. The summed E-state index contributed by atoms with van der Waals surface area (Å²) in [5, 5.41) is 4.53. The van der Waals surface area contributed by atoms with E-state index >= 15 is 0 Å². The highest BCUT2D eigenvalue weighted by Gasteiger charge is 2.06. The lowest BCUT2D eigenvalue weighted by Crippen LogP contribution is -2.09. The third-order valence-electron chi connectivity index (χ3n) is 2.92. The molecule has 104 valence electrons. The molecule has 0 aliphatic heterocycles. The van der Waals surface area contributed by atoms with Crippen LogP contribution < -0.4 is 5.32 Å². The van der Waals surface area contributed by atoms with E-state index in [1.54, 1.807) is 6.20 Å². The first-order valence-electron chi connectivity index (χ1n) is 6.26. The molecular formula is C15H14Cl2N2O. The summed E-state index contributed by atoms with van der Waals surface area (Å²) in [4.78, 5) is 14.9. The molecule has 1 aromatic heterocycles. The molecule has 0 saturated carbocycles. The number of halogens is 2.